The minimum atomic E-state index is -0.924. The van der Waals surface area contributed by atoms with Gasteiger partial charge in [0.1, 0.15) is 11.3 Å². The second-order valence-electron chi connectivity index (χ2n) is 7.79. The van der Waals surface area contributed by atoms with Crippen LogP contribution in [0.5, 0.6) is 5.75 Å². The second-order valence-corrected chi connectivity index (χ2v) is 7.79. The Morgan fingerprint density at radius 2 is 1.63 bits per heavy atom. The number of para-hydroxylation sites is 1. The topological polar surface area (TPSA) is 79.0 Å². The van der Waals surface area contributed by atoms with Crippen LogP contribution < -0.4 is 10.1 Å². The molecule has 0 aromatic heterocycles. The lowest BCUT2D eigenvalue weighted by atomic mass is 9.87. The van der Waals surface area contributed by atoms with E-state index in [0.29, 0.717) is 31.7 Å². The van der Waals surface area contributed by atoms with Crippen LogP contribution in [0.4, 0.5) is 4.79 Å². The third-order valence-corrected chi connectivity index (χ3v) is 5.76. The van der Waals surface area contributed by atoms with Gasteiger partial charge in [0.25, 0.3) is 11.8 Å². The van der Waals surface area contributed by atoms with Crippen molar-refractivity contribution in [1.29, 1.82) is 0 Å². The van der Waals surface area contributed by atoms with Crippen LogP contribution in [0.2, 0.25) is 0 Å². The van der Waals surface area contributed by atoms with E-state index in [1.165, 1.54) is 4.90 Å². The largest absolute Gasteiger partial charge is 0.481 e. The summed E-state index contributed by atoms with van der Waals surface area (Å²) in [4.78, 5) is 41.3. The first-order chi connectivity index (χ1) is 14.5. The number of nitrogens with one attached hydrogen (secondary N) is 1. The van der Waals surface area contributed by atoms with Crippen LogP contribution in [0, 0.1) is 0 Å². The monoisotopic (exact) mass is 407 g/mol. The molecule has 1 spiro atoms. The number of amides is 4. The number of hydrogen-bond donors (Lipinski definition) is 1. The summed E-state index contributed by atoms with van der Waals surface area (Å²) in [5, 5.41) is 2.89. The lowest BCUT2D eigenvalue weighted by molar-refractivity contribution is -0.142. The molecule has 2 aromatic carbocycles. The molecule has 156 valence electrons. The first-order valence-corrected chi connectivity index (χ1v) is 10.2. The fourth-order valence-corrected chi connectivity index (χ4v) is 4.04. The van der Waals surface area contributed by atoms with Crippen molar-refractivity contribution < 1.29 is 19.1 Å². The first kappa shape index (κ1) is 19.9. The highest BCUT2D eigenvalue weighted by Crippen LogP contribution is 2.31. The predicted molar refractivity (Wildman–Crippen MR) is 111 cm³/mol. The van der Waals surface area contributed by atoms with Gasteiger partial charge in [-0.05, 0) is 37.5 Å². The van der Waals surface area contributed by atoms with Crippen molar-refractivity contribution in [1.82, 2.24) is 15.1 Å². The third-order valence-electron chi connectivity index (χ3n) is 5.76. The van der Waals surface area contributed by atoms with Gasteiger partial charge in [0.15, 0.2) is 6.10 Å². The highest BCUT2D eigenvalue weighted by atomic mass is 16.5. The number of benzene rings is 2. The van der Waals surface area contributed by atoms with Gasteiger partial charge in [0, 0.05) is 13.1 Å². The zero-order valence-corrected chi connectivity index (χ0v) is 16.9. The number of carbonyl (C=O) groups excluding carboxylic acids is 3. The van der Waals surface area contributed by atoms with Gasteiger partial charge in [0.2, 0.25) is 0 Å². The Hall–Kier alpha value is -3.35. The number of hydrogen-bond acceptors (Lipinski definition) is 4. The minimum absolute atomic E-state index is 0.119. The van der Waals surface area contributed by atoms with Gasteiger partial charge in [-0.15, -0.1) is 0 Å². The van der Waals surface area contributed by atoms with Gasteiger partial charge in [-0.1, -0.05) is 48.5 Å². The molecule has 4 rings (SSSR count). The molecule has 2 aliphatic heterocycles. The number of ether oxygens (including phenoxy) is 1. The molecule has 4 amide bonds. The molecular weight excluding hydrogens is 382 g/mol. The Balaban J connectivity index is 1.37. The molecule has 0 bridgehead atoms. The molecule has 7 nitrogen and oxygen atoms in total. The fraction of sp³-hybridized carbons (Fsp3) is 0.348. The molecule has 7 heteroatoms. The van der Waals surface area contributed by atoms with Crippen LogP contribution in [0.1, 0.15) is 25.3 Å². The Labute approximate surface area is 175 Å². The van der Waals surface area contributed by atoms with Gasteiger partial charge in [0.05, 0.1) is 6.54 Å². The Morgan fingerprint density at radius 1 is 1.03 bits per heavy atom. The maximum atomic E-state index is 13.1. The number of carbonyl (C=O) groups is 3. The van der Waals surface area contributed by atoms with Crippen molar-refractivity contribution in [3.05, 3.63) is 66.2 Å². The Morgan fingerprint density at radius 3 is 2.27 bits per heavy atom. The van der Waals surface area contributed by atoms with Gasteiger partial charge in [-0.3, -0.25) is 14.5 Å². The van der Waals surface area contributed by atoms with E-state index in [1.807, 2.05) is 60.7 Å². The molecule has 30 heavy (non-hydrogen) atoms. The summed E-state index contributed by atoms with van der Waals surface area (Å²) in [6, 6.07) is 18.3. The predicted octanol–water partition coefficient (Wildman–Crippen LogP) is 2.57. The number of likely N-dealkylation sites (tertiary alicyclic amines) is 1. The lowest BCUT2D eigenvalue weighted by Gasteiger charge is -2.38. The molecule has 2 saturated heterocycles. The van der Waals surface area contributed by atoms with E-state index < -0.39 is 11.6 Å². The third kappa shape index (κ3) is 3.87. The molecule has 1 atom stereocenters. The number of rotatable bonds is 5. The Bertz CT molecular complexity index is 924. The fourth-order valence-electron chi connectivity index (χ4n) is 4.04. The number of piperidine rings is 1. The van der Waals surface area contributed by atoms with Gasteiger partial charge in [-0.25, -0.2) is 4.79 Å². The summed E-state index contributed by atoms with van der Waals surface area (Å²) in [6.07, 6.45) is 0.171. The molecule has 0 aliphatic carbocycles. The van der Waals surface area contributed by atoms with E-state index in [1.54, 1.807) is 11.8 Å². The number of imide groups is 1. The van der Waals surface area contributed by atoms with Gasteiger partial charge < -0.3 is 15.0 Å². The van der Waals surface area contributed by atoms with Crippen LogP contribution >= 0.6 is 0 Å². The zero-order valence-electron chi connectivity index (χ0n) is 16.9. The summed E-state index contributed by atoms with van der Waals surface area (Å²) in [5.41, 5.74) is -0.0239. The standard InChI is InChI=1S/C23H25N3O4/c1-17(30-19-10-6-3-7-11-19)20(27)25-14-12-23(13-15-25)21(28)26(22(29)24-23)16-18-8-4-2-5-9-18/h2-11,17H,12-16H2,1H3,(H,24,29)/t17-/m0/s1. The van der Waals surface area contributed by atoms with Crippen molar-refractivity contribution in [2.45, 2.75) is 38.0 Å². The molecule has 0 radical (unpaired) electrons. The number of nitrogens with zero attached hydrogens (tertiary/aromatic N) is 2. The highest BCUT2D eigenvalue weighted by molar-refractivity contribution is 6.07. The van der Waals surface area contributed by atoms with Crippen molar-refractivity contribution in [3.63, 3.8) is 0 Å². The highest BCUT2D eigenvalue weighted by Gasteiger charge is 2.52. The molecule has 0 unspecified atom stereocenters. The first-order valence-electron chi connectivity index (χ1n) is 10.2. The van der Waals surface area contributed by atoms with Crippen LogP contribution in [-0.4, -0.2) is 52.4 Å². The van der Waals surface area contributed by atoms with Crippen molar-refractivity contribution >= 4 is 17.8 Å². The summed E-state index contributed by atoms with van der Waals surface area (Å²) in [6.45, 7) is 2.76. The number of urea groups is 1. The normalized spacial score (nSPS) is 19.0. The smallest absolute Gasteiger partial charge is 0.325 e. The van der Waals surface area contributed by atoms with Crippen LogP contribution in [0.15, 0.2) is 60.7 Å². The average molecular weight is 407 g/mol. The molecule has 2 aromatic rings. The van der Waals surface area contributed by atoms with Crippen molar-refractivity contribution in [2.24, 2.45) is 0 Å². The lowest BCUT2D eigenvalue weighted by Crippen LogP contribution is -2.57. The summed E-state index contributed by atoms with van der Waals surface area (Å²) in [7, 11) is 0. The van der Waals surface area contributed by atoms with E-state index in [2.05, 4.69) is 5.32 Å². The SMILES string of the molecule is C[C@H](Oc1ccccc1)C(=O)N1CCC2(CC1)NC(=O)N(Cc1ccccc1)C2=O. The van der Waals surface area contributed by atoms with E-state index in [0.717, 1.165) is 5.56 Å². The summed E-state index contributed by atoms with van der Waals surface area (Å²) in [5.74, 6) is 0.310. The molecule has 0 saturated carbocycles. The maximum Gasteiger partial charge on any atom is 0.325 e. The zero-order chi connectivity index (χ0) is 21.1. The summed E-state index contributed by atoms with van der Waals surface area (Å²) >= 11 is 0. The van der Waals surface area contributed by atoms with E-state index in [4.69, 9.17) is 4.74 Å². The minimum Gasteiger partial charge on any atom is -0.481 e. The van der Waals surface area contributed by atoms with Crippen molar-refractivity contribution in [3.8, 4) is 5.75 Å². The quantitative estimate of drug-likeness (QED) is 0.773. The van der Waals surface area contributed by atoms with E-state index in [-0.39, 0.29) is 24.4 Å². The molecular formula is C23H25N3O4. The molecule has 2 fully saturated rings. The van der Waals surface area contributed by atoms with Gasteiger partial charge >= 0.3 is 6.03 Å². The molecule has 2 heterocycles. The van der Waals surface area contributed by atoms with Crippen LogP contribution in [0.3, 0.4) is 0 Å². The van der Waals surface area contributed by atoms with Crippen LogP contribution in [-0.2, 0) is 16.1 Å². The summed E-state index contributed by atoms with van der Waals surface area (Å²) < 4.78 is 5.73. The van der Waals surface area contributed by atoms with Gasteiger partial charge in [-0.2, -0.15) is 0 Å². The molecule has 1 N–H and O–H groups in total. The second kappa shape index (κ2) is 8.18. The van der Waals surface area contributed by atoms with Crippen LogP contribution in [0.25, 0.3) is 0 Å². The maximum absolute atomic E-state index is 13.1. The van der Waals surface area contributed by atoms with Crippen molar-refractivity contribution in [2.75, 3.05) is 13.1 Å². The van der Waals surface area contributed by atoms with E-state index in [9.17, 15) is 14.4 Å². The molecule has 2 aliphatic rings. The average Bonchev–Trinajstić information content (AvgIpc) is 2.99. The Kier molecular flexibility index (Phi) is 5.44. The van der Waals surface area contributed by atoms with E-state index >= 15 is 0 Å².